The predicted octanol–water partition coefficient (Wildman–Crippen LogP) is 3.41. The molecule has 1 aromatic heterocycles. The van der Waals surface area contributed by atoms with Crippen molar-refractivity contribution >= 4 is 34.5 Å². The fourth-order valence-electron chi connectivity index (χ4n) is 3.77. The van der Waals surface area contributed by atoms with Crippen molar-refractivity contribution in [3.63, 3.8) is 0 Å². The Bertz CT molecular complexity index is 1410. The van der Waals surface area contributed by atoms with E-state index in [-0.39, 0.29) is 36.1 Å². The van der Waals surface area contributed by atoms with E-state index in [1.54, 1.807) is 28.8 Å². The summed E-state index contributed by atoms with van der Waals surface area (Å²) in [5.74, 6) is -0.209. The van der Waals surface area contributed by atoms with E-state index in [4.69, 9.17) is 5.11 Å². The van der Waals surface area contributed by atoms with Gasteiger partial charge in [0.05, 0.1) is 24.1 Å². The molecule has 0 unspecified atom stereocenters. The standard InChI is InChI=1S/C28H28N4O4/c33-16-6-15-29-18-27(35)30-22-13-11-20(12-14-22)19-32-25-10-5-4-9-23(25)31-24(28(32)36)17-26(34)21-7-2-1-3-8-21/h1-5,7-14,17,29,33-34H,6,15-16,18-19H2,(H,30,35)/b26-17-. The summed E-state index contributed by atoms with van der Waals surface area (Å²) in [7, 11) is 0. The normalized spacial score (nSPS) is 11.5. The van der Waals surface area contributed by atoms with Gasteiger partial charge in [0.2, 0.25) is 5.91 Å². The number of carbonyl (C=O) groups excluding carboxylic acids is 1. The highest BCUT2D eigenvalue weighted by molar-refractivity contribution is 5.92. The minimum Gasteiger partial charge on any atom is -0.507 e. The quantitative estimate of drug-likeness (QED) is 0.203. The third kappa shape index (κ3) is 6.24. The van der Waals surface area contributed by atoms with Gasteiger partial charge in [-0.15, -0.1) is 0 Å². The first kappa shape index (κ1) is 24.8. The molecule has 0 aliphatic carbocycles. The van der Waals surface area contributed by atoms with Crippen LogP contribution in [0.3, 0.4) is 0 Å². The molecule has 8 heteroatoms. The maximum Gasteiger partial charge on any atom is 0.277 e. The Morgan fingerprint density at radius 2 is 1.69 bits per heavy atom. The van der Waals surface area contributed by atoms with Gasteiger partial charge >= 0.3 is 0 Å². The SMILES string of the molecule is O=C(CNCCCO)Nc1ccc(Cn2c(=O)c(/C=C(\O)c3ccccc3)nc3ccccc32)cc1. The number of nitrogens with one attached hydrogen (secondary N) is 2. The number of para-hydroxylation sites is 2. The van der Waals surface area contributed by atoms with Crippen LogP contribution in [0, 0.1) is 0 Å². The number of aliphatic hydroxyl groups excluding tert-OH is 2. The lowest BCUT2D eigenvalue weighted by Gasteiger charge is -2.12. The van der Waals surface area contributed by atoms with E-state index in [2.05, 4.69) is 15.6 Å². The van der Waals surface area contributed by atoms with Crippen LogP contribution in [0.1, 0.15) is 23.2 Å². The van der Waals surface area contributed by atoms with Crippen molar-refractivity contribution in [1.82, 2.24) is 14.9 Å². The number of hydrogen-bond donors (Lipinski definition) is 4. The highest BCUT2D eigenvalue weighted by Gasteiger charge is 2.12. The van der Waals surface area contributed by atoms with Crippen molar-refractivity contribution in [3.05, 3.63) is 106 Å². The van der Waals surface area contributed by atoms with Crippen molar-refractivity contribution < 1.29 is 15.0 Å². The molecule has 1 amide bonds. The van der Waals surface area contributed by atoms with Gasteiger partial charge in [0, 0.05) is 23.9 Å². The second-order valence-corrected chi connectivity index (χ2v) is 8.27. The molecule has 4 aromatic rings. The van der Waals surface area contributed by atoms with E-state index in [0.717, 1.165) is 5.56 Å². The number of rotatable bonds is 10. The fraction of sp³-hybridized carbons (Fsp3) is 0.179. The summed E-state index contributed by atoms with van der Waals surface area (Å²) in [5, 5.41) is 25.1. The van der Waals surface area contributed by atoms with Gasteiger partial charge in [-0.2, -0.15) is 0 Å². The second-order valence-electron chi connectivity index (χ2n) is 8.27. The highest BCUT2D eigenvalue weighted by atomic mass is 16.3. The number of amides is 1. The molecule has 8 nitrogen and oxygen atoms in total. The average molecular weight is 485 g/mol. The van der Waals surface area contributed by atoms with E-state index in [0.29, 0.717) is 41.8 Å². The van der Waals surface area contributed by atoms with Gasteiger partial charge in [-0.25, -0.2) is 4.98 Å². The van der Waals surface area contributed by atoms with Gasteiger partial charge in [-0.1, -0.05) is 54.6 Å². The number of fused-ring (bicyclic) bond motifs is 1. The summed E-state index contributed by atoms with van der Waals surface area (Å²) in [4.78, 5) is 29.9. The van der Waals surface area contributed by atoms with Crippen molar-refractivity contribution in [1.29, 1.82) is 0 Å². The topological polar surface area (TPSA) is 116 Å². The smallest absolute Gasteiger partial charge is 0.277 e. The monoisotopic (exact) mass is 484 g/mol. The van der Waals surface area contributed by atoms with Crippen molar-refractivity contribution in [3.8, 4) is 0 Å². The molecule has 36 heavy (non-hydrogen) atoms. The van der Waals surface area contributed by atoms with Gasteiger partial charge < -0.3 is 25.4 Å². The van der Waals surface area contributed by atoms with Crippen molar-refractivity contribution in [2.75, 3.05) is 25.0 Å². The van der Waals surface area contributed by atoms with Crippen LogP contribution in [0.15, 0.2) is 83.7 Å². The first-order valence-corrected chi connectivity index (χ1v) is 11.7. The predicted molar refractivity (Wildman–Crippen MR) is 142 cm³/mol. The molecule has 0 aliphatic heterocycles. The summed E-state index contributed by atoms with van der Waals surface area (Å²) < 4.78 is 1.63. The number of anilines is 1. The molecular weight excluding hydrogens is 456 g/mol. The number of aromatic nitrogens is 2. The van der Waals surface area contributed by atoms with Gasteiger partial charge in [-0.05, 0) is 42.8 Å². The van der Waals surface area contributed by atoms with Gasteiger partial charge in [0.15, 0.2) is 0 Å². The van der Waals surface area contributed by atoms with E-state index in [1.165, 1.54) is 6.08 Å². The molecule has 3 aromatic carbocycles. The molecule has 184 valence electrons. The minimum absolute atomic E-state index is 0.0343. The first-order valence-electron chi connectivity index (χ1n) is 11.7. The van der Waals surface area contributed by atoms with Crippen molar-refractivity contribution in [2.45, 2.75) is 13.0 Å². The van der Waals surface area contributed by atoms with Crippen LogP contribution in [0.25, 0.3) is 22.9 Å². The minimum atomic E-state index is -0.317. The Kier molecular flexibility index (Phi) is 8.23. The third-order valence-electron chi connectivity index (χ3n) is 5.60. The molecule has 4 rings (SSSR count). The van der Waals surface area contributed by atoms with E-state index < -0.39 is 0 Å². The van der Waals surface area contributed by atoms with Crippen molar-refractivity contribution in [2.24, 2.45) is 0 Å². The Balaban J connectivity index is 1.57. The fourth-order valence-corrected chi connectivity index (χ4v) is 3.77. The molecule has 1 heterocycles. The summed E-state index contributed by atoms with van der Waals surface area (Å²) in [6.07, 6.45) is 1.99. The van der Waals surface area contributed by atoms with Crippen LogP contribution >= 0.6 is 0 Å². The van der Waals surface area contributed by atoms with E-state index in [9.17, 15) is 14.7 Å². The Morgan fingerprint density at radius 3 is 2.44 bits per heavy atom. The summed E-state index contributed by atoms with van der Waals surface area (Å²) >= 11 is 0. The van der Waals surface area contributed by atoms with Gasteiger partial charge in [0.1, 0.15) is 11.5 Å². The zero-order chi connectivity index (χ0) is 25.3. The molecule has 0 saturated heterocycles. The highest BCUT2D eigenvalue weighted by Crippen LogP contribution is 2.17. The van der Waals surface area contributed by atoms with Crippen LogP contribution in [0.2, 0.25) is 0 Å². The molecule has 0 saturated carbocycles. The second kappa shape index (κ2) is 11.9. The summed E-state index contributed by atoms with van der Waals surface area (Å²) in [6.45, 7) is 1.10. The number of carbonyl (C=O) groups is 1. The summed E-state index contributed by atoms with van der Waals surface area (Å²) in [6, 6.07) is 23.7. The third-order valence-corrected chi connectivity index (χ3v) is 5.60. The van der Waals surface area contributed by atoms with Gasteiger partial charge in [0.25, 0.3) is 5.56 Å². The molecule has 0 aliphatic rings. The number of nitrogens with zero attached hydrogens (tertiary/aromatic N) is 2. The maximum absolute atomic E-state index is 13.4. The summed E-state index contributed by atoms with van der Waals surface area (Å²) in [5.41, 5.74) is 3.27. The lowest BCUT2D eigenvalue weighted by Crippen LogP contribution is -2.29. The van der Waals surface area contributed by atoms with E-state index in [1.807, 2.05) is 54.6 Å². The Morgan fingerprint density at radius 1 is 0.972 bits per heavy atom. The van der Waals surface area contributed by atoms with Gasteiger partial charge in [-0.3, -0.25) is 9.59 Å². The molecule has 0 atom stereocenters. The maximum atomic E-state index is 13.4. The molecule has 0 bridgehead atoms. The molecule has 0 spiro atoms. The Hall–Kier alpha value is -4.27. The van der Waals surface area contributed by atoms with Crippen LogP contribution in [-0.2, 0) is 11.3 Å². The lowest BCUT2D eigenvalue weighted by molar-refractivity contribution is -0.115. The zero-order valence-electron chi connectivity index (χ0n) is 19.7. The number of benzene rings is 3. The van der Waals surface area contributed by atoms with Crippen LogP contribution in [0.5, 0.6) is 0 Å². The van der Waals surface area contributed by atoms with Crippen LogP contribution in [0.4, 0.5) is 5.69 Å². The molecular formula is C28H28N4O4. The number of hydrogen-bond acceptors (Lipinski definition) is 6. The number of aliphatic hydroxyl groups is 2. The van der Waals surface area contributed by atoms with E-state index >= 15 is 0 Å². The average Bonchev–Trinajstić information content (AvgIpc) is 2.90. The first-order chi connectivity index (χ1) is 17.5. The molecule has 0 fully saturated rings. The van der Waals surface area contributed by atoms with Crippen LogP contribution in [-0.4, -0.2) is 45.4 Å². The molecule has 4 N–H and O–H groups in total. The largest absolute Gasteiger partial charge is 0.507 e. The zero-order valence-corrected chi connectivity index (χ0v) is 19.7. The molecule has 0 radical (unpaired) electrons. The lowest BCUT2D eigenvalue weighted by atomic mass is 10.1. The van der Waals surface area contributed by atoms with Crippen LogP contribution < -0.4 is 16.2 Å². The Labute approximate surface area is 208 Å².